The summed E-state index contributed by atoms with van der Waals surface area (Å²) in [5.41, 5.74) is 1.10. The number of likely N-dealkylation sites (tertiary alicyclic amines) is 1. The lowest BCUT2D eigenvalue weighted by Gasteiger charge is -2.33. The average molecular weight is 300 g/mol. The van der Waals surface area contributed by atoms with Crippen molar-refractivity contribution in [2.75, 3.05) is 13.1 Å². The first kappa shape index (κ1) is 14.6. The van der Waals surface area contributed by atoms with Gasteiger partial charge in [0.2, 0.25) is 0 Å². The van der Waals surface area contributed by atoms with Gasteiger partial charge in [-0.15, -0.1) is 0 Å². The van der Waals surface area contributed by atoms with E-state index in [2.05, 4.69) is 15.2 Å². The molecule has 0 saturated carbocycles. The van der Waals surface area contributed by atoms with E-state index in [1.165, 1.54) is 0 Å². The van der Waals surface area contributed by atoms with E-state index in [-0.39, 0.29) is 5.91 Å². The molecule has 0 radical (unpaired) electrons. The van der Waals surface area contributed by atoms with Crippen molar-refractivity contribution in [1.29, 1.82) is 0 Å². The van der Waals surface area contributed by atoms with E-state index in [0.29, 0.717) is 18.2 Å². The lowest BCUT2D eigenvalue weighted by Crippen LogP contribution is -2.45. The van der Waals surface area contributed by atoms with Gasteiger partial charge in [-0.2, -0.15) is 5.10 Å². The Balaban J connectivity index is 1.61. The summed E-state index contributed by atoms with van der Waals surface area (Å²) in [6, 6.07) is 5.58. The van der Waals surface area contributed by atoms with Gasteiger partial charge < -0.3 is 9.64 Å². The number of nitrogens with zero attached hydrogens (tertiary/aromatic N) is 3. The molecule has 0 bridgehead atoms. The van der Waals surface area contributed by atoms with E-state index < -0.39 is 6.10 Å². The fraction of sp³-hybridized carbons (Fsp3) is 0.438. The maximum absolute atomic E-state index is 12.6. The number of pyridine rings is 1. The zero-order chi connectivity index (χ0) is 15.4. The number of piperidine rings is 1. The second kappa shape index (κ2) is 6.60. The molecule has 2 aromatic heterocycles. The fourth-order valence-corrected chi connectivity index (χ4v) is 2.85. The lowest BCUT2D eigenvalue weighted by atomic mass is 9.94. The highest BCUT2D eigenvalue weighted by atomic mass is 16.5. The van der Waals surface area contributed by atoms with Gasteiger partial charge in [-0.25, -0.2) is 0 Å². The number of aromatic nitrogens is 3. The second-order valence-electron chi connectivity index (χ2n) is 5.58. The summed E-state index contributed by atoms with van der Waals surface area (Å²) < 4.78 is 5.68. The second-order valence-corrected chi connectivity index (χ2v) is 5.58. The molecule has 2 unspecified atom stereocenters. The maximum atomic E-state index is 12.6. The molecule has 1 saturated heterocycles. The standard InChI is InChI=1S/C16H20N4O2/c1-12(22-14-5-2-7-17-10-14)16(21)20-9-3-4-13(11-20)15-6-8-18-19-15/h2,5-8,10,12-13H,3-4,9,11H2,1H3,(H,18,19). The molecule has 1 aliphatic rings. The van der Waals surface area contributed by atoms with Gasteiger partial charge in [-0.1, -0.05) is 0 Å². The minimum atomic E-state index is -0.510. The van der Waals surface area contributed by atoms with Crippen molar-refractivity contribution in [1.82, 2.24) is 20.1 Å². The van der Waals surface area contributed by atoms with Gasteiger partial charge in [-0.05, 0) is 38.0 Å². The molecule has 22 heavy (non-hydrogen) atoms. The van der Waals surface area contributed by atoms with Crippen LogP contribution >= 0.6 is 0 Å². The molecular formula is C16H20N4O2. The first-order valence-electron chi connectivity index (χ1n) is 7.59. The Bertz CT molecular complexity index is 600. The highest BCUT2D eigenvalue weighted by molar-refractivity contribution is 5.81. The largest absolute Gasteiger partial charge is 0.479 e. The molecule has 2 aromatic rings. The Morgan fingerprint density at radius 3 is 3.09 bits per heavy atom. The third-order valence-corrected chi connectivity index (χ3v) is 3.99. The molecule has 1 N–H and O–H groups in total. The number of aromatic amines is 1. The molecular weight excluding hydrogens is 280 g/mol. The van der Waals surface area contributed by atoms with E-state index in [1.54, 1.807) is 37.6 Å². The Hall–Kier alpha value is -2.37. The first-order chi connectivity index (χ1) is 10.7. The van der Waals surface area contributed by atoms with Gasteiger partial charge in [0.25, 0.3) is 5.91 Å². The number of ether oxygens (including phenoxy) is 1. The number of rotatable bonds is 4. The van der Waals surface area contributed by atoms with E-state index in [9.17, 15) is 4.79 Å². The minimum absolute atomic E-state index is 0.0214. The molecule has 3 heterocycles. The van der Waals surface area contributed by atoms with Crippen LogP contribution in [0.2, 0.25) is 0 Å². The minimum Gasteiger partial charge on any atom is -0.479 e. The number of amides is 1. The van der Waals surface area contributed by atoms with Crippen LogP contribution in [-0.4, -0.2) is 45.2 Å². The van der Waals surface area contributed by atoms with Crippen molar-refractivity contribution in [2.24, 2.45) is 0 Å². The molecule has 1 aliphatic heterocycles. The highest BCUT2D eigenvalue weighted by Crippen LogP contribution is 2.26. The summed E-state index contributed by atoms with van der Waals surface area (Å²) in [5, 5.41) is 7.01. The SMILES string of the molecule is CC(Oc1cccnc1)C(=O)N1CCCC(c2ccn[nH]2)C1. The quantitative estimate of drug-likeness (QED) is 0.937. The van der Waals surface area contributed by atoms with Crippen molar-refractivity contribution in [2.45, 2.75) is 31.8 Å². The summed E-state index contributed by atoms with van der Waals surface area (Å²) >= 11 is 0. The van der Waals surface area contributed by atoms with Crippen LogP contribution < -0.4 is 4.74 Å². The van der Waals surface area contributed by atoms with Gasteiger partial charge in [0.05, 0.1) is 6.20 Å². The van der Waals surface area contributed by atoms with Crippen LogP contribution in [0.3, 0.4) is 0 Å². The summed E-state index contributed by atoms with van der Waals surface area (Å²) in [5.74, 6) is 0.962. The molecule has 2 atom stereocenters. The molecule has 0 spiro atoms. The van der Waals surface area contributed by atoms with Crippen LogP contribution in [0.5, 0.6) is 5.75 Å². The third kappa shape index (κ3) is 3.27. The van der Waals surface area contributed by atoms with Gasteiger partial charge >= 0.3 is 0 Å². The normalized spacial score (nSPS) is 19.7. The predicted octanol–water partition coefficient (Wildman–Crippen LogP) is 1.98. The topological polar surface area (TPSA) is 71.1 Å². The summed E-state index contributed by atoms with van der Waals surface area (Å²) in [4.78, 5) is 18.5. The predicted molar refractivity (Wildman–Crippen MR) is 81.5 cm³/mol. The fourth-order valence-electron chi connectivity index (χ4n) is 2.85. The Morgan fingerprint density at radius 1 is 1.45 bits per heavy atom. The molecule has 116 valence electrons. The van der Waals surface area contributed by atoms with E-state index >= 15 is 0 Å². The average Bonchev–Trinajstić information content (AvgIpc) is 3.10. The first-order valence-corrected chi connectivity index (χ1v) is 7.59. The highest BCUT2D eigenvalue weighted by Gasteiger charge is 2.29. The lowest BCUT2D eigenvalue weighted by molar-refractivity contribution is -0.139. The zero-order valence-corrected chi connectivity index (χ0v) is 12.6. The number of carbonyl (C=O) groups is 1. The Kier molecular flexibility index (Phi) is 4.37. The maximum Gasteiger partial charge on any atom is 0.263 e. The Morgan fingerprint density at radius 2 is 2.36 bits per heavy atom. The molecule has 1 amide bonds. The van der Waals surface area contributed by atoms with Crippen LogP contribution in [-0.2, 0) is 4.79 Å². The number of hydrogen-bond donors (Lipinski definition) is 1. The van der Waals surface area contributed by atoms with Crippen LogP contribution in [0.25, 0.3) is 0 Å². The van der Waals surface area contributed by atoms with E-state index in [1.807, 2.05) is 11.0 Å². The van der Waals surface area contributed by atoms with Gasteiger partial charge in [0.15, 0.2) is 6.10 Å². The Labute approximate surface area is 129 Å². The molecule has 6 nitrogen and oxygen atoms in total. The van der Waals surface area contributed by atoms with Crippen LogP contribution in [0, 0.1) is 0 Å². The molecule has 1 fully saturated rings. The van der Waals surface area contributed by atoms with E-state index in [4.69, 9.17) is 4.74 Å². The summed E-state index contributed by atoms with van der Waals surface area (Å²) in [7, 11) is 0. The van der Waals surface area contributed by atoms with Gasteiger partial charge in [0, 0.05) is 37.1 Å². The number of H-pyrrole nitrogens is 1. The molecule has 0 aliphatic carbocycles. The van der Waals surface area contributed by atoms with Crippen molar-refractivity contribution in [3.63, 3.8) is 0 Å². The van der Waals surface area contributed by atoms with Crippen molar-refractivity contribution < 1.29 is 9.53 Å². The molecule has 0 aromatic carbocycles. The monoisotopic (exact) mass is 300 g/mol. The van der Waals surface area contributed by atoms with Crippen LogP contribution in [0.1, 0.15) is 31.4 Å². The smallest absolute Gasteiger partial charge is 0.263 e. The zero-order valence-electron chi connectivity index (χ0n) is 12.6. The molecule has 6 heteroatoms. The number of carbonyl (C=O) groups excluding carboxylic acids is 1. The van der Waals surface area contributed by atoms with Crippen molar-refractivity contribution in [3.8, 4) is 5.75 Å². The van der Waals surface area contributed by atoms with Gasteiger partial charge in [-0.3, -0.25) is 14.9 Å². The van der Waals surface area contributed by atoms with Crippen LogP contribution in [0.4, 0.5) is 0 Å². The summed E-state index contributed by atoms with van der Waals surface area (Å²) in [6.45, 7) is 3.28. The van der Waals surface area contributed by atoms with Crippen LogP contribution in [0.15, 0.2) is 36.8 Å². The molecule has 3 rings (SSSR count). The van der Waals surface area contributed by atoms with Gasteiger partial charge in [0.1, 0.15) is 5.75 Å². The third-order valence-electron chi connectivity index (χ3n) is 3.99. The van der Waals surface area contributed by atoms with E-state index in [0.717, 1.165) is 25.1 Å². The van der Waals surface area contributed by atoms with Crippen molar-refractivity contribution in [3.05, 3.63) is 42.5 Å². The number of nitrogens with one attached hydrogen (secondary N) is 1. The number of hydrogen-bond acceptors (Lipinski definition) is 4. The van der Waals surface area contributed by atoms with Crippen molar-refractivity contribution >= 4 is 5.91 Å². The summed E-state index contributed by atoms with van der Waals surface area (Å²) in [6.07, 6.45) is 6.61.